The summed E-state index contributed by atoms with van der Waals surface area (Å²) in [7, 11) is 0. The zero-order valence-electron chi connectivity index (χ0n) is 11.9. The Morgan fingerprint density at radius 3 is 2.42 bits per heavy atom. The molecule has 0 aromatic heterocycles. The van der Waals surface area contributed by atoms with Gasteiger partial charge < -0.3 is 10.0 Å². The Labute approximate surface area is 115 Å². The van der Waals surface area contributed by atoms with Gasteiger partial charge in [-0.2, -0.15) is 0 Å². The van der Waals surface area contributed by atoms with E-state index < -0.39 is 5.72 Å². The second-order valence-corrected chi connectivity index (χ2v) is 6.51. The normalized spacial score (nSPS) is 29.9. The molecule has 1 saturated heterocycles. The summed E-state index contributed by atoms with van der Waals surface area (Å²) in [6.07, 6.45) is 2.88. The Morgan fingerprint density at radius 2 is 1.84 bits per heavy atom. The summed E-state index contributed by atoms with van der Waals surface area (Å²) < 4.78 is 0. The van der Waals surface area contributed by atoms with Crippen molar-refractivity contribution in [2.75, 3.05) is 13.1 Å². The number of nitrogens with two attached hydrogens (primary N) is 1. The third-order valence-corrected chi connectivity index (χ3v) is 5.25. The van der Waals surface area contributed by atoms with E-state index in [0.717, 1.165) is 37.9 Å². The van der Waals surface area contributed by atoms with Gasteiger partial charge in [0.25, 0.3) is 0 Å². The highest BCUT2D eigenvalue weighted by Gasteiger charge is 2.55. The molecule has 1 aromatic carbocycles. The lowest BCUT2D eigenvalue weighted by atomic mass is 9.70. The van der Waals surface area contributed by atoms with Gasteiger partial charge in [0, 0.05) is 17.0 Å². The standard InChI is InChI=1S/C16H24N2O/c1-12(2)18-9-7-15(8-10-18)11-13-5-3-4-6-14(13)16(15,17)19/h3-6,12,19H,7-11,17H2,1-2H3/t16-/m1/s1. The summed E-state index contributed by atoms with van der Waals surface area (Å²) in [6.45, 7) is 6.53. The maximum atomic E-state index is 10.9. The zero-order valence-corrected chi connectivity index (χ0v) is 11.9. The molecule has 2 aliphatic rings. The molecule has 1 fully saturated rings. The lowest BCUT2D eigenvalue weighted by molar-refractivity contribution is -0.106. The molecular weight excluding hydrogens is 236 g/mol. The fourth-order valence-corrected chi connectivity index (χ4v) is 3.86. The predicted molar refractivity (Wildman–Crippen MR) is 76.6 cm³/mol. The van der Waals surface area contributed by atoms with E-state index in [0.29, 0.717) is 6.04 Å². The van der Waals surface area contributed by atoms with E-state index in [4.69, 9.17) is 5.73 Å². The van der Waals surface area contributed by atoms with Crippen molar-refractivity contribution in [3.05, 3.63) is 35.4 Å². The Bertz CT molecular complexity index is 473. The zero-order chi connectivity index (χ0) is 13.7. The number of hydrogen-bond acceptors (Lipinski definition) is 3. The van der Waals surface area contributed by atoms with Gasteiger partial charge in [0.1, 0.15) is 5.72 Å². The first-order chi connectivity index (χ1) is 8.96. The lowest BCUT2D eigenvalue weighted by Crippen LogP contribution is -2.55. The number of benzene rings is 1. The van der Waals surface area contributed by atoms with Crippen molar-refractivity contribution in [2.24, 2.45) is 11.1 Å². The van der Waals surface area contributed by atoms with Crippen LogP contribution in [0.5, 0.6) is 0 Å². The first-order valence-corrected chi connectivity index (χ1v) is 7.30. The van der Waals surface area contributed by atoms with E-state index in [9.17, 15) is 5.11 Å². The molecular formula is C16H24N2O. The van der Waals surface area contributed by atoms with Crippen LogP contribution in [0, 0.1) is 5.41 Å². The van der Waals surface area contributed by atoms with Crippen LogP contribution in [0.2, 0.25) is 0 Å². The van der Waals surface area contributed by atoms with Crippen LogP contribution in [0.1, 0.15) is 37.8 Å². The van der Waals surface area contributed by atoms with Crippen molar-refractivity contribution in [1.82, 2.24) is 4.90 Å². The van der Waals surface area contributed by atoms with Gasteiger partial charge in [-0.05, 0) is 51.8 Å². The van der Waals surface area contributed by atoms with Gasteiger partial charge in [-0.25, -0.2) is 0 Å². The molecule has 0 unspecified atom stereocenters. The first kappa shape index (κ1) is 13.1. The summed E-state index contributed by atoms with van der Waals surface area (Å²) in [4.78, 5) is 2.48. The largest absolute Gasteiger partial charge is 0.371 e. The second-order valence-electron chi connectivity index (χ2n) is 6.51. The van der Waals surface area contributed by atoms with E-state index in [2.05, 4.69) is 24.8 Å². The van der Waals surface area contributed by atoms with Crippen molar-refractivity contribution < 1.29 is 5.11 Å². The summed E-state index contributed by atoms with van der Waals surface area (Å²) in [6, 6.07) is 8.68. The van der Waals surface area contributed by atoms with Crippen LogP contribution in [0.4, 0.5) is 0 Å². The summed E-state index contributed by atoms with van der Waals surface area (Å²) >= 11 is 0. The Hall–Kier alpha value is -0.900. The average molecular weight is 260 g/mol. The topological polar surface area (TPSA) is 49.5 Å². The number of rotatable bonds is 1. The van der Waals surface area contributed by atoms with Crippen LogP contribution in [0.15, 0.2) is 24.3 Å². The molecule has 1 aliphatic heterocycles. The molecule has 1 atom stereocenters. The van der Waals surface area contributed by atoms with Gasteiger partial charge in [0.05, 0.1) is 0 Å². The van der Waals surface area contributed by atoms with E-state index >= 15 is 0 Å². The highest BCUT2D eigenvalue weighted by Crippen LogP contribution is 2.53. The summed E-state index contributed by atoms with van der Waals surface area (Å²) in [5, 5.41) is 10.9. The minimum atomic E-state index is -1.16. The SMILES string of the molecule is CC(C)N1CCC2(CC1)Cc1ccccc1[C@@]2(N)O. The first-order valence-electron chi connectivity index (χ1n) is 7.30. The van der Waals surface area contributed by atoms with Crippen LogP contribution >= 0.6 is 0 Å². The maximum Gasteiger partial charge on any atom is 0.145 e. The number of hydrogen-bond donors (Lipinski definition) is 2. The van der Waals surface area contributed by atoms with Crippen molar-refractivity contribution in [1.29, 1.82) is 0 Å². The number of nitrogens with zero attached hydrogens (tertiary/aromatic N) is 1. The van der Waals surface area contributed by atoms with Crippen LogP contribution in [-0.4, -0.2) is 29.1 Å². The minimum absolute atomic E-state index is 0.165. The lowest BCUT2D eigenvalue weighted by Gasteiger charge is -2.47. The second kappa shape index (κ2) is 4.30. The van der Waals surface area contributed by atoms with Gasteiger partial charge in [-0.3, -0.25) is 5.73 Å². The molecule has 1 heterocycles. The van der Waals surface area contributed by atoms with Crippen molar-refractivity contribution in [2.45, 2.75) is 44.9 Å². The number of aliphatic hydroxyl groups is 1. The minimum Gasteiger partial charge on any atom is -0.371 e. The van der Waals surface area contributed by atoms with Gasteiger partial charge in [0.15, 0.2) is 0 Å². The fourth-order valence-electron chi connectivity index (χ4n) is 3.86. The Kier molecular flexibility index (Phi) is 2.97. The molecule has 3 N–H and O–H groups in total. The number of fused-ring (bicyclic) bond motifs is 1. The predicted octanol–water partition coefficient (Wildman–Crippen LogP) is 1.84. The average Bonchev–Trinajstić information content (AvgIpc) is 2.59. The molecule has 3 rings (SSSR count). The number of likely N-dealkylation sites (tertiary alicyclic amines) is 1. The molecule has 0 saturated carbocycles. The fraction of sp³-hybridized carbons (Fsp3) is 0.625. The summed E-state index contributed by atoms with van der Waals surface area (Å²) in [5.74, 6) is 0. The smallest absolute Gasteiger partial charge is 0.145 e. The Morgan fingerprint density at radius 1 is 1.21 bits per heavy atom. The van der Waals surface area contributed by atoms with E-state index in [1.54, 1.807) is 0 Å². The molecule has 19 heavy (non-hydrogen) atoms. The molecule has 0 amide bonds. The highest BCUT2D eigenvalue weighted by molar-refractivity contribution is 5.40. The Balaban J connectivity index is 1.88. The van der Waals surface area contributed by atoms with Crippen LogP contribution in [0.3, 0.4) is 0 Å². The molecule has 0 radical (unpaired) electrons. The van der Waals surface area contributed by atoms with Gasteiger partial charge in [-0.15, -0.1) is 0 Å². The van der Waals surface area contributed by atoms with Crippen LogP contribution in [0.25, 0.3) is 0 Å². The van der Waals surface area contributed by atoms with Crippen molar-refractivity contribution in [3.63, 3.8) is 0 Å². The van der Waals surface area contributed by atoms with Gasteiger partial charge in [-0.1, -0.05) is 24.3 Å². The highest BCUT2D eigenvalue weighted by atomic mass is 16.3. The van der Waals surface area contributed by atoms with E-state index in [1.165, 1.54) is 5.56 Å². The van der Waals surface area contributed by atoms with E-state index in [1.807, 2.05) is 18.2 Å². The van der Waals surface area contributed by atoms with Crippen LogP contribution in [-0.2, 0) is 12.1 Å². The van der Waals surface area contributed by atoms with Crippen molar-refractivity contribution >= 4 is 0 Å². The van der Waals surface area contributed by atoms with E-state index in [-0.39, 0.29) is 5.41 Å². The maximum absolute atomic E-state index is 10.9. The molecule has 0 bridgehead atoms. The van der Waals surface area contributed by atoms with Gasteiger partial charge >= 0.3 is 0 Å². The van der Waals surface area contributed by atoms with Crippen LogP contribution < -0.4 is 5.73 Å². The quantitative estimate of drug-likeness (QED) is 0.758. The third kappa shape index (κ3) is 1.83. The number of piperidine rings is 1. The molecule has 1 aromatic rings. The molecule has 3 nitrogen and oxygen atoms in total. The molecule has 1 spiro atoms. The van der Waals surface area contributed by atoms with Crippen molar-refractivity contribution in [3.8, 4) is 0 Å². The third-order valence-electron chi connectivity index (χ3n) is 5.25. The van der Waals surface area contributed by atoms with Gasteiger partial charge in [0.2, 0.25) is 0 Å². The summed E-state index contributed by atoms with van der Waals surface area (Å²) in [5.41, 5.74) is 7.20. The molecule has 104 valence electrons. The molecule has 3 heteroatoms. The molecule has 1 aliphatic carbocycles. The monoisotopic (exact) mass is 260 g/mol.